The Morgan fingerprint density at radius 3 is 2.18 bits per heavy atom. The summed E-state index contributed by atoms with van der Waals surface area (Å²) in [5, 5.41) is 13.6. The zero-order chi connectivity index (χ0) is 20.7. The second kappa shape index (κ2) is 10.1. The number of likely N-dealkylation sites (N-methyl/N-ethyl adjacent to an activating group) is 1. The Morgan fingerprint density at radius 1 is 1.11 bits per heavy atom. The SMILES string of the molecule is CCN(CC)C(=O)CN1CCN(CC(=O)Nc2ccc([N+](=O)[O-])cc2C)CC1. The number of non-ortho nitro benzene ring substituents is 1. The number of anilines is 1. The van der Waals surface area contributed by atoms with E-state index in [4.69, 9.17) is 0 Å². The van der Waals surface area contributed by atoms with Crippen LogP contribution in [0.2, 0.25) is 0 Å². The van der Waals surface area contributed by atoms with Crippen molar-refractivity contribution in [3.05, 3.63) is 33.9 Å². The Kier molecular flexibility index (Phi) is 7.89. The number of hydrogen-bond donors (Lipinski definition) is 1. The second-order valence-electron chi connectivity index (χ2n) is 6.92. The smallest absolute Gasteiger partial charge is 0.269 e. The Balaban J connectivity index is 1.79. The summed E-state index contributed by atoms with van der Waals surface area (Å²) in [5.74, 6) is -0.00513. The number of nitrogens with one attached hydrogen (secondary N) is 1. The molecule has 1 aliphatic rings. The van der Waals surface area contributed by atoms with Crippen LogP contribution in [0.15, 0.2) is 18.2 Å². The number of carbonyl (C=O) groups excluding carboxylic acids is 2. The van der Waals surface area contributed by atoms with E-state index in [1.54, 1.807) is 13.0 Å². The molecule has 154 valence electrons. The molecule has 0 saturated carbocycles. The monoisotopic (exact) mass is 391 g/mol. The highest BCUT2D eigenvalue weighted by atomic mass is 16.6. The molecular formula is C19H29N5O4. The normalized spacial score (nSPS) is 15.2. The lowest BCUT2D eigenvalue weighted by molar-refractivity contribution is -0.384. The van der Waals surface area contributed by atoms with Crippen molar-refractivity contribution in [1.29, 1.82) is 0 Å². The van der Waals surface area contributed by atoms with Gasteiger partial charge >= 0.3 is 0 Å². The average Bonchev–Trinajstić information content (AvgIpc) is 2.65. The summed E-state index contributed by atoms with van der Waals surface area (Å²) in [6.07, 6.45) is 0. The second-order valence-corrected chi connectivity index (χ2v) is 6.92. The number of carbonyl (C=O) groups is 2. The van der Waals surface area contributed by atoms with Crippen LogP contribution in [-0.2, 0) is 9.59 Å². The summed E-state index contributed by atoms with van der Waals surface area (Å²) >= 11 is 0. The molecule has 9 heteroatoms. The van der Waals surface area contributed by atoms with Gasteiger partial charge in [-0.3, -0.25) is 29.5 Å². The fraction of sp³-hybridized carbons (Fsp3) is 0.579. The fourth-order valence-corrected chi connectivity index (χ4v) is 3.27. The minimum absolute atomic E-state index is 0.00544. The molecule has 0 aliphatic carbocycles. The summed E-state index contributed by atoms with van der Waals surface area (Å²) < 4.78 is 0. The van der Waals surface area contributed by atoms with Crippen LogP contribution in [0, 0.1) is 17.0 Å². The molecule has 1 heterocycles. The molecule has 1 saturated heterocycles. The Hall–Kier alpha value is -2.52. The highest BCUT2D eigenvalue weighted by Gasteiger charge is 2.22. The number of amides is 2. The lowest BCUT2D eigenvalue weighted by Crippen LogP contribution is -2.51. The Morgan fingerprint density at radius 2 is 1.68 bits per heavy atom. The first kappa shape index (κ1) is 21.8. The summed E-state index contributed by atoms with van der Waals surface area (Å²) in [7, 11) is 0. The van der Waals surface area contributed by atoms with Gasteiger partial charge < -0.3 is 10.2 Å². The third-order valence-corrected chi connectivity index (χ3v) is 5.00. The number of piperazine rings is 1. The van der Waals surface area contributed by atoms with E-state index in [1.807, 2.05) is 18.7 Å². The van der Waals surface area contributed by atoms with Crippen molar-refractivity contribution in [2.24, 2.45) is 0 Å². The van der Waals surface area contributed by atoms with Crippen LogP contribution in [0.3, 0.4) is 0 Å². The van der Waals surface area contributed by atoms with Crippen LogP contribution in [0.5, 0.6) is 0 Å². The average molecular weight is 391 g/mol. The molecule has 0 atom stereocenters. The van der Waals surface area contributed by atoms with Crippen molar-refractivity contribution in [3.63, 3.8) is 0 Å². The van der Waals surface area contributed by atoms with Crippen molar-refractivity contribution in [1.82, 2.24) is 14.7 Å². The lowest BCUT2D eigenvalue weighted by Gasteiger charge is -2.34. The minimum atomic E-state index is -0.455. The van der Waals surface area contributed by atoms with Crippen LogP contribution in [-0.4, -0.2) is 83.8 Å². The molecule has 0 aromatic heterocycles. The fourth-order valence-electron chi connectivity index (χ4n) is 3.27. The number of benzene rings is 1. The molecule has 0 radical (unpaired) electrons. The third-order valence-electron chi connectivity index (χ3n) is 5.00. The van der Waals surface area contributed by atoms with Crippen LogP contribution < -0.4 is 5.32 Å². The number of rotatable bonds is 8. The van der Waals surface area contributed by atoms with Crippen molar-refractivity contribution in [2.75, 3.05) is 57.7 Å². The predicted octanol–water partition coefficient (Wildman–Crippen LogP) is 1.33. The number of hydrogen-bond acceptors (Lipinski definition) is 6. The van der Waals surface area contributed by atoms with Crippen molar-refractivity contribution in [3.8, 4) is 0 Å². The predicted molar refractivity (Wildman–Crippen MR) is 107 cm³/mol. The maximum atomic E-state index is 12.3. The van der Waals surface area contributed by atoms with E-state index in [0.29, 0.717) is 17.8 Å². The molecule has 2 rings (SSSR count). The molecule has 9 nitrogen and oxygen atoms in total. The van der Waals surface area contributed by atoms with Gasteiger partial charge in [0.25, 0.3) is 5.69 Å². The zero-order valence-electron chi connectivity index (χ0n) is 16.8. The molecule has 0 bridgehead atoms. The number of nitro groups is 1. The van der Waals surface area contributed by atoms with Gasteiger partial charge in [-0.05, 0) is 32.4 Å². The van der Waals surface area contributed by atoms with Crippen molar-refractivity contribution >= 4 is 23.2 Å². The van der Waals surface area contributed by atoms with Crippen LogP contribution in [0.25, 0.3) is 0 Å². The van der Waals surface area contributed by atoms with Gasteiger partial charge in [-0.1, -0.05) is 0 Å². The summed E-state index contributed by atoms with van der Waals surface area (Å²) in [6.45, 7) is 10.7. The van der Waals surface area contributed by atoms with Crippen molar-refractivity contribution < 1.29 is 14.5 Å². The van der Waals surface area contributed by atoms with E-state index >= 15 is 0 Å². The molecule has 1 aromatic carbocycles. The summed E-state index contributed by atoms with van der Waals surface area (Å²) in [4.78, 5) is 40.9. The summed E-state index contributed by atoms with van der Waals surface area (Å²) in [5.41, 5.74) is 1.24. The molecule has 0 unspecified atom stereocenters. The Bertz CT molecular complexity index is 712. The maximum Gasteiger partial charge on any atom is 0.269 e. The molecular weight excluding hydrogens is 362 g/mol. The van der Waals surface area contributed by atoms with E-state index in [-0.39, 0.29) is 24.0 Å². The zero-order valence-corrected chi connectivity index (χ0v) is 16.8. The minimum Gasteiger partial charge on any atom is -0.342 e. The topological polar surface area (TPSA) is 99.0 Å². The van der Waals surface area contributed by atoms with Gasteiger partial charge in [-0.15, -0.1) is 0 Å². The van der Waals surface area contributed by atoms with E-state index in [1.165, 1.54) is 12.1 Å². The maximum absolute atomic E-state index is 12.3. The largest absolute Gasteiger partial charge is 0.342 e. The van der Waals surface area contributed by atoms with Crippen molar-refractivity contribution in [2.45, 2.75) is 20.8 Å². The van der Waals surface area contributed by atoms with Gasteiger partial charge in [0.05, 0.1) is 18.0 Å². The van der Waals surface area contributed by atoms with E-state index in [9.17, 15) is 19.7 Å². The highest BCUT2D eigenvalue weighted by Crippen LogP contribution is 2.21. The first-order valence-corrected chi connectivity index (χ1v) is 9.61. The standard InChI is InChI=1S/C19H29N5O4/c1-4-23(5-2)19(26)14-22-10-8-21(9-11-22)13-18(25)20-17-7-6-16(24(27)28)12-15(17)3/h6-7,12H,4-5,8-11,13-14H2,1-3H3,(H,20,25). The molecule has 2 amide bonds. The number of aryl methyl sites for hydroxylation is 1. The lowest BCUT2D eigenvalue weighted by atomic mass is 10.2. The van der Waals surface area contributed by atoms with Gasteiger partial charge in [-0.2, -0.15) is 0 Å². The molecule has 0 spiro atoms. The first-order chi connectivity index (χ1) is 13.3. The van der Waals surface area contributed by atoms with Gasteiger partial charge in [0, 0.05) is 57.1 Å². The molecule has 28 heavy (non-hydrogen) atoms. The van der Waals surface area contributed by atoms with E-state index < -0.39 is 4.92 Å². The quantitative estimate of drug-likeness (QED) is 0.530. The van der Waals surface area contributed by atoms with Crippen LogP contribution in [0.4, 0.5) is 11.4 Å². The molecule has 1 aliphatic heterocycles. The molecule has 1 fully saturated rings. The first-order valence-electron chi connectivity index (χ1n) is 9.61. The molecule has 1 N–H and O–H groups in total. The van der Waals surface area contributed by atoms with Gasteiger partial charge in [0.1, 0.15) is 0 Å². The number of nitrogens with zero attached hydrogens (tertiary/aromatic N) is 4. The van der Waals surface area contributed by atoms with Gasteiger partial charge in [0.2, 0.25) is 11.8 Å². The van der Waals surface area contributed by atoms with Crippen LogP contribution >= 0.6 is 0 Å². The van der Waals surface area contributed by atoms with Gasteiger partial charge in [-0.25, -0.2) is 0 Å². The van der Waals surface area contributed by atoms with E-state index in [2.05, 4.69) is 15.1 Å². The van der Waals surface area contributed by atoms with Gasteiger partial charge in [0.15, 0.2) is 0 Å². The Labute approximate surface area is 165 Å². The van der Waals surface area contributed by atoms with E-state index in [0.717, 1.165) is 39.3 Å². The molecule has 1 aromatic rings. The third kappa shape index (κ3) is 6.00. The van der Waals surface area contributed by atoms with Crippen LogP contribution in [0.1, 0.15) is 19.4 Å². The highest BCUT2D eigenvalue weighted by molar-refractivity contribution is 5.93. The summed E-state index contributed by atoms with van der Waals surface area (Å²) in [6, 6.07) is 4.39. The number of nitro benzene ring substituents is 1.